The summed E-state index contributed by atoms with van der Waals surface area (Å²) >= 11 is 0. The summed E-state index contributed by atoms with van der Waals surface area (Å²) in [6.07, 6.45) is 4.98. The van der Waals surface area contributed by atoms with E-state index in [1.807, 2.05) is 32.2 Å². The molecule has 0 spiro atoms. The first-order chi connectivity index (χ1) is 7.77. The number of nitrogens with zero attached hydrogens (tertiary/aromatic N) is 3. The molecule has 0 fully saturated rings. The Hall–Kier alpha value is -1.35. The molecule has 2 aromatic heterocycles. The highest BCUT2D eigenvalue weighted by Crippen LogP contribution is 2.06. The Balaban J connectivity index is 0.000000606. The Morgan fingerprint density at radius 2 is 2.00 bits per heavy atom. The van der Waals surface area contributed by atoms with Gasteiger partial charge in [0.1, 0.15) is 5.82 Å². The van der Waals surface area contributed by atoms with Crippen LogP contribution in [0.1, 0.15) is 19.7 Å². The summed E-state index contributed by atoms with van der Waals surface area (Å²) in [5, 5.41) is 0. The smallest absolute Gasteiger partial charge is 0.114 e. The van der Waals surface area contributed by atoms with Gasteiger partial charge in [-0.3, -0.25) is 0 Å². The van der Waals surface area contributed by atoms with Crippen molar-refractivity contribution >= 4 is 5.52 Å². The van der Waals surface area contributed by atoms with E-state index in [9.17, 15) is 0 Å². The van der Waals surface area contributed by atoms with Crippen molar-refractivity contribution in [2.45, 2.75) is 20.3 Å². The fraction of sp³-hybridized carbons (Fsp3) is 0.462. The Kier molecular flexibility index (Phi) is 4.99. The molecule has 0 radical (unpaired) electrons. The van der Waals surface area contributed by atoms with E-state index in [-0.39, 0.29) is 0 Å². The maximum atomic E-state index is 4.40. The molecule has 0 N–H and O–H groups in total. The van der Waals surface area contributed by atoms with Gasteiger partial charge in [0.05, 0.1) is 11.7 Å². The molecule has 16 heavy (non-hydrogen) atoms. The van der Waals surface area contributed by atoms with Crippen LogP contribution in [-0.4, -0.2) is 34.9 Å². The van der Waals surface area contributed by atoms with Crippen LogP contribution in [0.3, 0.4) is 0 Å². The molecule has 0 saturated heterocycles. The summed E-state index contributed by atoms with van der Waals surface area (Å²) in [5.74, 6) is 1.13. The van der Waals surface area contributed by atoms with E-state index < -0.39 is 0 Å². The molecule has 2 heterocycles. The topological polar surface area (TPSA) is 20.5 Å². The number of fused-ring (bicyclic) bond motifs is 1. The lowest BCUT2D eigenvalue weighted by atomic mass is 10.3. The molecule has 0 unspecified atom stereocenters. The summed E-state index contributed by atoms with van der Waals surface area (Å²) in [6, 6.07) is 6.15. The predicted octanol–water partition coefficient (Wildman–Crippen LogP) is 2.46. The number of rotatable bonds is 3. The fourth-order valence-corrected chi connectivity index (χ4v) is 1.51. The second-order valence-corrected chi connectivity index (χ2v) is 3.72. The molecule has 2 aromatic rings. The van der Waals surface area contributed by atoms with E-state index >= 15 is 0 Å². The quantitative estimate of drug-likeness (QED) is 0.790. The molecule has 0 aromatic carbocycles. The second-order valence-electron chi connectivity index (χ2n) is 3.72. The lowest BCUT2D eigenvalue weighted by molar-refractivity contribution is 0.409. The standard InChI is InChI=1S/C11H15N3.C2H6/c1-13(2)8-6-11-12-9-10-5-3-4-7-14(10)11;1-2/h3-5,7,9H,6,8H2,1-2H3;1-2H3. The van der Waals surface area contributed by atoms with Crippen LogP contribution in [0.5, 0.6) is 0 Å². The highest BCUT2D eigenvalue weighted by Gasteiger charge is 2.02. The fourth-order valence-electron chi connectivity index (χ4n) is 1.51. The van der Waals surface area contributed by atoms with Gasteiger partial charge in [0.2, 0.25) is 0 Å². The van der Waals surface area contributed by atoms with Gasteiger partial charge in [-0.1, -0.05) is 19.9 Å². The van der Waals surface area contributed by atoms with Gasteiger partial charge in [-0.25, -0.2) is 4.98 Å². The van der Waals surface area contributed by atoms with Crippen LogP contribution >= 0.6 is 0 Å². The summed E-state index contributed by atoms with van der Waals surface area (Å²) in [4.78, 5) is 6.57. The normalized spacial score (nSPS) is 10.3. The van der Waals surface area contributed by atoms with Gasteiger partial charge < -0.3 is 9.30 Å². The summed E-state index contributed by atoms with van der Waals surface area (Å²) in [7, 11) is 4.16. The first-order valence-corrected chi connectivity index (χ1v) is 5.83. The van der Waals surface area contributed by atoms with Crippen LogP contribution in [0.25, 0.3) is 5.52 Å². The molecular formula is C13H21N3. The third kappa shape index (κ3) is 3.07. The molecular weight excluding hydrogens is 198 g/mol. The molecule has 3 heteroatoms. The van der Waals surface area contributed by atoms with Crippen LogP contribution < -0.4 is 0 Å². The van der Waals surface area contributed by atoms with Crippen LogP contribution in [-0.2, 0) is 6.42 Å². The Bertz CT molecular complexity index is 418. The van der Waals surface area contributed by atoms with Gasteiger partial charge in [-0.2, -0.15) is 0 Å². The zero-order chi connectivity index (χ0) is 12.0. The first kappa shape index (κ1) is 12.7. The highest BCUT2D eigenvalue weighted by atomic mass is 15.1. The third-order valence-electron chi connectivity index (χ3n) is 2.30. The zero-order valence-corrected chi connectivity index (χ0v) is 10.6. The Morgan fingerprint density at radius 1 is 1.25 bits per heavy atom. The van der Waals surface area contributed by atoms with Gasteiger partial charge in [0, 0.05) is 19.2 Å². The minimum atomic E-state index is 0.991. The minimum absolute atomic E-state index is 0.991. The van der Waals surface area contributed by atoms with E-state index in [0.717, 1.165) is 18.8 Å². The van der Waals surface area contributed by atoms with Crippen molar-refractivity contribution in [2.24, 2.45) is 0 Å². The molecule has 0 aliphatic heterocycles. The van der Waals surface area contributed by atoms with Crippen LogP contribution in [0.4, 0.5) is 0 Å². The number of likely N-dealkylation sites (N-methyl/N-ethyl adjacent to an activating group) is 1. The average molecular weight is 219 g/mol. The number of aromatic nitrogens is 2. The Labute approximate surface area is 97.7 Å². The second kappa shape index (κ2) is 6.28. The molecule has 0 bridgehead atoms. The predicted molar refractivity (Wildman–Crippen MR) is 68.8 cm³/mol. The summed E-state index contributed by atoms with van der Waals surface area (Å²) in [5.41, 5.74) is 1.17. The maximum Gasteiger partial charge on any atom is 0.114 e. The minimum Gasteiger partial charge on any atom is -0.309 e. The molecule has 0 aliphatic rings. The third-order valence-corrected chi connectivity index (χ3v) is 2.30. The van der Waals surface area contributed by atoms with Gasteiger partial charge in [0.25, 0.3) is 0 Å². The molecule has 0 aliphatic carbocycles. The lowest BCUT2D eigenvalue weighted by Crippen LogP contribution is -2.16. The van der Waals surface area contributed by atoms with Gasteiger partial charge in [-0.15, -0.1) is 0 Å². The van der Waals surface area contributed by atoms with Gasteiger partial charge >= 0.3 is 0 Å². The van der Waals surface area contributed by atoms with E-state index in [1.54, 1.807) is 0 Å². The SMILES string of the molecule is CC.CN(C)CCc1ncc2ccccn12. The van der Waals surface area contributed by atoms with E-state index in [1.165, 1.54) is 5.52 Å². The van der Waals surface area contributed by atoms with Gasteiger partial charge in [-0.05, 0) is 26.2 Å². The van der Waals surface area contributed by atoms with Crippen molar-refractivity contribution in [3.05, 3.63) is 36.4 Å². The van der Waals surface area contributed by atoms with Crippen molar-refractivity contribution in [3.8, 4) is 0 Å². The maximum absolute atomic E-state index is 4.40. The van der Waals surface area contributed by atoms with Gasteiger partial charge in [0.15, 0.2) is 0 Å². The molecule has 88 valence electrons. The molecule has 0 saturated carbocycles. The van der Waals surface area contributed by atoms with Crippen molar-refractivity contribution < 1.29 is 0 Å². The zero-order valence-electron chi connectivity index (χ0n) is 10.6. The number of hydrogen-bond acceptors (Lipinski definition) is 2. The van der Waals surface area contributed by atoms with Crippen molar-refractivity contribution in [1.29, 1.82) is 0 Å². The van der Waals surface area contributed by atoms with Crippen molar-refractivity contribution in [3.63, 3.8) is 0 Å². The number of hydrogen-bond donors (Lipinski definition) is 0. The van der Waals surface area contributed by atoms with Crippen LogP contribution in [0.2, 0.25) is 0 Å². The summed E-state index contributed by atoms with van der Waals surface area (Å²) < 4.78 is 2.14. The highest BCUT2D eigenvalue weighted by molar-refractivity contribution is 5.45. The van der Waals surface area contributed by atoms with E-state index in [0.29, 0.717) is 0 Å². The monoisotopic (exact) mass is 219 g/mol. The largest absolute Gasteiger partial charge is 0.309 e. The molecule has 0 atom stereocenters. The lowest BCUT2D eigenvalue weighted by Gasteiger charge is -2.08. The average Bonchev–Trinajstić information content (AvgIpc) is 2.72. The van der Waals surface area contributed by atoms with Crippen molar-refractivity contribution in [2.75, 3.05) is 20.6 Å². The number of imidazole rings is 1. The van der Waals surface area contributed by atoms with Crippen molar-refractivity contribution in [1.82, 2.24) is 14.3 Å². The first-order valence-electron chi connectivity index (χ1n) is 5.83. The molecule has 0 amide bonds. The van der Waals surface area contributed by atoms with Crippen LogP contribution in [0, 0.1) is 0 Å². The van der Waals surface area contributed by atoms with Crippen LogP contribution in [0.15, 0.2) is 30.6 Å². The summed E-state index contributed by atoms with van der Waals surface area (Å²) in [6.45, 7) is 5.04. The Morgan fingerprint density at radius 3 is 2.69 bits per heavy atom. The number of pyridine rings is 1. The van der Waals surface area contributed by atoms with E-state index in [4.69, 9.17) is 0 Å². The van der Waals surface area contributed by atoms with E-state index in [2.05, 4.69) is 40.6 Å². The molecule has 2 rings (SSSR count). The molecule has 3 nitrogen and oxygen atoms in total.